The van der Waals surface area contributed by atoms with Crippen LogP contribution in [0.25, 0.3) is 0 Å². The van der Waals surface area contributed by atoms with Crippen molar-refractivity contribution >= 4 is 35.0 Å². The Morgan fingerprint density at radius 2 is 1.97 bits per heavy atom. The zero-order valence-electron chi connectivity index (χ0n) is 18.5. The summed E-state index contributed by atoms with van der Waals surface area (Å²) in [4.78, 5) is 38.9. The topological polar surface area (TPSA) is 87.7 Å². The highest BCUT2D eigenvalue weighted by Crippen LogP contribution is 2.30. The summed E-state index contributed by atoms with van der Waals surface area (Å²) in [5, 5.41) is 6.17. The third-order valence-electron chi connectivity index (χ3n) is 5.58. The maximum Gasteiger partial charge on any atom is 0.239 e. The number of nitrogens with one attached hydrogen (secondary N) is 2. The minimum atomic E-state index is -0.443. The highest BCUT2D eigenvalue weighted by molar-refractivity contribution is 6.30. The first-order valence-corrected chi connectivity index (χ1v) is 11.0. The lowest BCUT2D eigenvalue weighted by atomic mass is 9.95. The first-order valence-electron chi connectivity index (χ1n) is 10.6. The second-order valence-corrected chi connectivity index (χ2v) is 8.29. The van der Waals surface area contributed by atoms with E-state index in [1.54, 1.807) is 42.3 Å². The third kappa shape index (κ3) is 5.59. The number of hydrogen-bond acceptors (Lipinski definition) is 4. The normalized spacial score (nSPS) is 17.4. The lowest BCUT2D eigenvalue weighted by molar-refractivity contribution is -0.139. The zero-order valence-corrected chi connectivity index (χ0v) is 19.2. The molecule has 1 fully saturated rings. The Morgan fingerprint density at radius 1 is 1.25 bits per heavy atom. The fourth-order valence-electron chi connectivity index (χ4n) is 4.07. The SMILES string of the molecule is CCC(c1ccc(NC(C)=O)cc1)N1CC(=O)NCC(Cc2cc(Cl)ccc2OC)C1=O. The van der Waals surface area contributed by atoms with Crippen LogP contribution in [0.5, 0.6) is 5.75 Å². The molecular formula is C24H28ClN3O4. The van der Waals surface area contributed by atoms with Gasteiger partial charge in [-0.15, -0.1) is 0 Å². The first-order chi connectivity index (χ1) is 15.3. The first kappa shape index (κ1) is 23.6. The number of hydrogen-bond donors (Lipinski definition) is 2. The van der Waals surface area contributed by atoms with Crippen LogP contribution in [0.1, 0.15) is 37.4 Å². The zero-order chi connectivity index (χ0) is 23.3. The van der Waals surface area contributed by atoms with Crippen molar-refractivity contribution in [3.05, 3.63) is 58.6 Å². The third-order valence-corrected chi connectivity index (χ3v) is 5.81. The summed E-state index contributed by atoms with van der Waals surface area (Å²) >= 11 is 6.16. The maximum atomic E-state index is 13.6. The summed E-state index contributed by atoms with van der Waals surface area (Å²) in [6.07, 6.45) is 1.04. The van der Waals surface area contributed by atoms with Crippen LogP contribution in [0, 0.1) is 5.92 Å². The largest absolute Gasteiger partial charge is 0.496 e. The predicted molar refractivity (Wildman–Crippen MR) is 124 cm³/mol. The molecule has 1 aliphatic rings. The fourth-order valence-corrected chi connectivity index (χ4v) is 4.27. The van der Waals surface area contributed by atoms with Crippen LogP contribution in [0.3, 0.4) is 0 Å². The molecule has 0 saturated carbocycles. The molecule has 2 aromatic carbocycles. The summed E-state index contributed by atoms with van der Waals surface area (Å²) in [6.45, 7) is 3.68. The van der Waals surface area contributed by atoms with E-state index in [9.17, 15) is 14.4 Å². The summed E-state index contributed by atoms with van der Waals surface area (Å²) < 4.78 is 5.43. The van der Waals surface area contributed by atoms with Crippen molar-refractivity contribution in [2.75, 3.05) is 25.5 Å². The van der Waals surface area contributed by atoms with Crippen molar-refractivity contribution in [2.45, 2.75) is 32.7 Å². The number of nitrogens with zero attached hydrogens (tertiary/aromatic N) is 1. The molecule has 3 amide bonds. The molecule has 0 bridgehead atoms. The molecule has 1 heterocycles. The Kier molecular flexibility index (Phi) is 7.75. The van der Waals surface area contributed by atoms with E-state index in [4.69, 9.17) is 16.3 Å². The van der Waals surface area contributed by atoms with Crippen LogP contribution < -0.4 is 15.4 Å². The van der Waals surface area contributed by atoms with Gasteiger partial charge in [-0.2, -0.15) is 0 Å². The molecular weight excluding hydrogens is 430 g/mol. The van der Waals surface area contributed by atoms with Gasteiger partial charge in [0, 0.05) is 24.2 Å². The van der Waals surface area contributed by atoms with Crippen molar-refractivity contribution in [2.24, 2.45) is 5.92 Å². The van der Waals surface area contributed by atoms with Crippen molar-refractivity contribution in [3.8, 4) is 5.75 Å². The van der Waals surface area contributed by atoms with Gasteiger partial charge in [0.25, 0.3) is 0 Å². The van der Waals surface area contributed by atoms with E-state index in [1.165, 1.54) is 6.92 Å². The molecule has 1 saturated heterocycles. The van der Waals surface area contributed by atoms with Gasteiger partial charge in [-0.1, -0.05) is 30.7 Å². The number of methoxy groups -OCH3 is 1. The molecule has 0 radical (unpaired) electrons. The van der Waals surface area contributed by atoms with E-state index < -0.39 is 5.92 Å². The van der Waals surface area contributed by atoms with Gasteiger partial charge < -0.3 is 20.3 Å². The Hall–Kier alpha value is -3.06. The number of carbonyl (C=O) groups is 3. The second-order valence-electron chi connectivity index (χ2n) is 7.85. The van der Waals surface area contributed by atoms with Gasteiger partial charge in [-0.25, -0.2) is 0 Å². The maximum absolute atomic E-state index is 13.6. The molecule has 8 heteroatoms. The Labute approximate surface area is 193 Å². The minimum absolute atomic E-state index is 0.00598. The lowest BCUT2D eigenvalue weighted by Crippen LogP contribution is -2.40. The average Bonchev–Trinajstić information content (AvgIpc) is 2.89. The van der Waals surface area contributed by atoms with Gasteiger partial charge in [-0.05, 0) is 54.3 Å². The van der Waals surface area contributed by atoms with Crippen LogP contribution in [0.2, 0.25) is 5.02 Å². The van der Waals surface area contributed by atoms with Crippen LogP contribution >= 0.6 is 11.6 Å². The van der Waals surface area contributed by atoms with E-state index in [-0.39, 0.29) is 36.9 Å². The van der Waals surface area contributed by atoms with Crippen LogP contribution in [0.15, 0.2) is 42.5 Å². The standard InChI is InChI=1S/C24H28ClN3O4/c1-4-21(16-5-8-20(9-6-16)27-15(2)29)28-14-23(30)26-13-18(24(28)31)11-17-12-19(25)7-10-22(17)32-3/h5-10,12,18,21H,4,11,13-14H2,1-3H3,(H,26,30)(H,27,29). The molecule has 32 heavy (non-hydrogen) atoms. The molecule has 7 nitrogen and oxygen atoms in total. The van der Waals surface area contributed by atoms with Crippen LogP contribution in [-0.2, 0) is 20.8 Å². The molecule has 3 rings (SSSR count). The number of carbonyl (C=O) groups excluding carboxylic acids is 3. The van der Waals surface area contributed by atoms with Gasteiger partial charge in [0.15, 0.2) is 0 Å². The predicted octanol–water partition coefficient (Wildman–Crippen LogP) is 3.58. The van der Waals surface area contributed by atoms with Crippen LogP contribution in [-0.4, -0.2) is 42.8 Å². The van der Waals surface area contributed by atoms with Gasteiger partial charge in [0.05, 0.1) is 19.1 Å². The van der Waals surface area contributed by atoms with E-state index in [1.807, 2.05) is 19.1 Å². The number of amides is 3. The molecule has 0 aromatic heterocycles. The number of benzene rings is 2. The van der Waals surface area contributed by atoms with Gasteiger partial charge in [0.1, 0.15) is 12.3 Å². The number of anilines is 1. The van der Waals surface area contributed by atoms with Gasteiger partial charge in [-0.3, -0.25) is 14.4 Å². The molecule has 170 valence electrons. The number of halogens is 1. The molecule has 2 N–H and O–H groups in total. The second kappa shape index (κ2) is 10.5. The monoisotopic (exact) mass is 457 g/mol. The van der Waals surface area contributed by atoms with Crippen molar-refractivity contribution < 1.29 is 19.1 Å². The quantitative estimate of drug-likeness (QED) is 0.665. The van der Waals surface area contributed by atoms with Gasteiger partial charge >= 0.3 is 0 Å². The summed E-state index contributed by atoms with van der Waals surface area (Å²) in [5.41, 5.74) is 2.41. The molecule has 1 aliphatic heterocycles. The lowest BCUT2D eigenvalue weighted by Gasteiger charge is -2.32. The van der Waals surface area contributed by atoms with Crippen molar-refractivity contribution in [1.82, 2.24) is 10.2 Å². The Balaban J connectivity index is 1.87. The van der Waals surface area contributed by atoms with Gasteiger partial charge in [0.2, 0.25) is 17.7 Å². The minimum Gasteiger partial charge on any atom is -0.496 e. The molecule has 0 spiro atoms. The van der Waals surface area contributed by atoms with E-state index in [0.29, 0.717) is 29.3 Å². The van der Waals surface area contributed by atoms with Crippen molar-refractivity contribution in [1.29, 1.82) is 0 Å². The molecule has 2 unspecified atom stereocenters. The van der Waals surface area contributed by atoms with Crippen molar-refractivity contribution in [3.63, 3.8) is 0 Å². The summed E-state index contributed by atoms with van der Waals surface area (Å²) in [6, 6.07) is 12.4. The summed E-state index contributed by atoms with van der Waals surface area (Å²) in [7, 11) is 1.58. The fraction of sp³-hybridized carbons (Fsp3) is 0.375. The Bertz CT molecular complexity index is 993. The number of rotatable bonds is 7. The average molecular weight is 458 g/mol. The van der Waals surface area contributed by atoms with E-state index in [0.717, 1.165) is 11.1 Å². The Morgan fingerprint density at radius 3 is 2.59 bits per heavy atom. The van der Waals surface area contributed by atoms with E-state index in [2.05, 4.69) is 10.6 Å². The molecule has 2 atom stereocenters. The molecule has 2 aromatic rings. The highest BCUT2D eigenvalue weighted by atomic mass is 35.5. The smallest absolute Gasteiger partial charge is 0.239 e. The van der Waals surface area contributed by atoms with E-state index >= 15 is 0 Å². The molecule has 0 aliphatic carbocycles. The highest BCUT2D eigenvalue weighted by Gasteiger charge is 2.34. The van der Waals surface area contributed by atoms with Crippen LogP contribution in [0.4, 0.5) is 5.69 Å². The number of ether oxygens (including phenoxy) is 1. The summed E-state index contributed by atoms with van der Waals surface area (Å²) in [5.74, 6) is -0.217.